The third kappa shape index (κ3) is 2.07. The van der Waals surface area contributed by atoms with E-state index < -0.39 is 0 Å². The smallest absolute Gasteiger partial charge is 0.229 e. The van der Waals surface area contributed by atoms with Crippen LogP contribution in [0.25, 0.3) is 0 Å². The summed E-state index contributed by atoms with van der Waals surface area (Å²) < 4.78 is 5.55. The molecule has 18 heavy (non-hydrogen) atoms. The maximum atomic E-state index is 5.55. The van der Waals surface area contributed by atoms with Gasteiger partial charge in [-0.05, 0) is 63.5 Å². The molecular formula is C14H21N3O. The van der Waals surface area contributed by atoms with Crippen molar-refractivity contribution >= 4 is 0 Å². The first-order chi connectivity index (χ1) is 8.92. The summed E-state index contributed by atoms with van der Waals surface area (Å²) in [6.45, 7) is 2.16. The fourth-order valence-corrected chi connectivity index (χ4v) is 3.33. The molecule has 0 spiro atoms. The molecule has 4 nitrogen and oxygen atoms in total. The molecule has 3 aliphatic rings. The molecule has 2 heterocycles. The van der Waals surface area contributed by atoms with Crippen molar-refractivity contribution in [3.05, 3.63) is 11.7 Å². The summed E-state index contributed by atoms with van der Waals surface area (Å²) in [6.07, 6.45) is 7.77. The van der Waals surface area contributed by atoms with Gasteiger partial charge in [-0.25, -0.2) is 0 Å². The van der Waals surface area contributed by atoms with Crippen LogP contribution in [0.1, 0.15) is 62.1 Å². The molecular weight excluding hydrogens is 226 g/mol. The first-order valence-corrected chi connectivity index (χ1v) is 7.46. The van der Waals surface area contributed by atoms with Crippen LogP contribution in [0.15, 0.2) is 4.52 Å². The van der Waals surface area contributed by atoms with E-state index in [1.165, 1.54) is 25.7 Å². The summed E-state index contributed by atoms with van der Waals surface area (Å²) in [7, 11) is 0. The first kappa shape index (κ1) is 11.0. The maximum absolute atomic E-state index is 5.55. The minimum Gasteiger partial charge on any atom is -0.339 e. The van der Waals surface area contributed by atoms with Crippen molar-refractivity contribution in [3.8, 4) is 0 Å². The van der Waals surface area contributed by atoms with Crippen molar-refractivity contribution in [1.29, 1.82) is 0 Å². The molecule has 1 N–H and O–H groups in total. The van der Waals surface area contributed by atoms with Crippen molar-refractivity contribution in [1.82, 2.24) is 15.5 Å². The Morgan fingerprint density at radius 2 is 1.67 bits per heavy atom. The lowest BCUT2D eigenvalue weighted by Crippen LogP contribution is -2.26. The van der Waals surface area contributed by atoms with E-state index in [9.17, 15) is 0 Å². The van der Waals surface area contributed by atoms with Crippen LogP contribution in [-0.2, 0) is 0 Å². The monoisotopic (exact) mass is 247 g/mol. The van der Waals surface area contributed by atoms with Gasteiger partial charge in [-0.1, -0.05) is 5.16 Å². The van der Waals surface area contributed by atoms with Crippen molar-refractivity contribution in [3.63, 3.8) is 0 Å². The van der Waals surface area contributed by atoms with Crippen molar-refractivity contribution in [2.75, 3.05) is 13.1 Å². The number of hydrogen-bond acceptors (Lipinski definition) is 4. The Morgan fingerprint density at radius 3 is 2.28 bits per heavy atom. The molecule has 1 saturated heterocycles. The van der Waals surface area contributed by atoms with Crippen LogP contribution < -0.4 is 5.32 Å². The Morgan fingerprint density at radius 1 is 1.00 bits per heavy atom. The Balaban J connectivity index is 1.52. The van der Waals surface area contributed by atoms with E-state index in [4.69, 9.17) is 9.51 Å². The third-order valence-corrected chi connectivity index (χ3v) is 4.70. The highest BCUT2D eigenvalue weighted by Crippen LogP contribution is 2.53. The molecule has 1 aromatic rings. The second-order valence-electron chi connectivity index (χ2n) is 6.22. The molecule has 2 aliphatic carbocycles. The molecule has 0 radical (unpaired) electrons. The van der Waals surface area contributed by atoms with E-state index in [-0.39, 0.29) is 0 Å². The van der Waals surface area contributed by atoms with Gasteiger partial charge in [0.25, 0.3) is 0 Å². The summed E-state index contributed by atoms with van der Waals surface area (Å²) in [5.74, 6) is 4.74. The Kier molecular flexibility index (Phi) is 2.64. The molecule has 2 saturated carbocycles. The van der Waals surface area contributed by atoms with Gasteiger partial charge in [0.2, 0.25) is 5.89 Å². The zero-order valence-electron chi connectivity index (χ0n) is 10.8. The van der Waals surface area contributed by atoms with Crippen LogP contribution in [0.5, 0.6) is 0 Å². The standard InChI is InChI=1S/C14H21N3O/c1-2-9(1)12(10-3-4-10)13-16-14(18-17-13)11-5-7-15-8-6-11/h9-12,15H,1-8H2. The largest absolute Gasteiger partial charge is 0.339 e. The zero-order valence-corrected chi connectivity index (χ0v) is 10.8. The molecule has 4 rings (SSSR count). The highest BCUT2D eigenvalue weighted by atomic mass is 16.5. The maximum Gasteiger partial charge on any atom is 0.229 e. The summed E-state index contributed by atoms with van der Waals surface area (Å²) >= 11 is 0. The van der Waals surface area contributed by atoms with Gasteiger partial charge in [0.1, 0.15) is 0 Å². The summed E-state index contributed by atoms with van der Waals surface area (Å²) in [4.78, 5) is 4.75. The van der Waals surface area contributed by atoms with E-state index in [0.29, 0.717) is 11.8 Å². The van der Waals surface area contributed by atoms with Crippen LogP contribution >= 0.6 is 0 Å². The van der Waals surface area contributed by atoms with Crippen LogP contribution in [0.2, 0.25) is 0 Å². The van der Waals surface area contributed by atoms with Crippen LogP contribution in [-0.4, -0.2) is 23.2 Å². The molecule has 0 unspecified atom stereocenters. The lowest BCUT2D eigenvalue weighted by Gasteiger charge is -2.18. The number of piperidine rings is 1. The first-order valence-electron chi connectivity index (χ1n) is 7.46. The van der Waals surface area contributed by atoms with Crippen LogP contribution in [0.4, 0.5) is 0 Å². The Labute approximate surface area is 108 Å². The lowest BCUT2D eigenvalue weighted by molar-refractivity contribution is 0.315. The van der Waals surface area contributed by atoms with E-state index in [1.807, 2.05) is 0 Å². The quantitative estimate of drug-likeness (QED) is 0.888. The highest BCUT2D eigenvalue weighted by molar-refractivity contribution is 5.10. The number of hydrogen-bond donors (Lipinski definition) is 1. The fourth-order valence-electron chi connectivity index (χ4n) is 3.33. The number of nitrogens with zero attached hydrogens (tertiary/aromatic N) is 2. The normalized spacial score (nSPS) is 25.8. The van der Waals surface area contributed by atoms with Gasteiger partial charge in [0.05, 0.1) is 0 Å². The predicted octanol–water partition coefficient (Wildman–Crippen LogP) is 2.44. The highest BCUT2D eigenvalue weighted by Gasteiger charge is 2.45. The molecule has 3 fully saturated rings. The van der Waals surface area contributed by atoms with E-state index in [2.05, 4.69) is 10.5 Å². The summed E-state index contributed by atoms with van der Waals surface area (Å²) in [6, 6.07) is 0. The van der Waals surface area contributed by atoms with Crippen molar-refractivity contribution < 1.29 is 4.52 Å². The topological polar surface area (TPSA) is 51.0 Å². The molecule has 4 heteroatoms. The minimum atomic E-state index is 0.492. The summed E-state index contributed by atoms with van der Waals surface area (Å²) in [5, 5.41) is 7.69. The molecule has 0 atom stereocenters. The average Bonchev–Trinajstić information content (AvgIpc) is 3.32. The van der Waals surface area contributed by atoms with Gasteiger partial charge in [0.15, 0.2) is 5.82 Å². The van der Waals surface area contributed by atoms with Gasteiger partial charge >= 0.3 is 0 Å². The molecule has 0 aromatic carbocycles. The molecule has 1 aromatic heterocycles. The summed E-state index contributed by atoms with van der Waals surface area (Å²) in [5.41, 5.74) is 0. The second kappa shape index (κ2) is 4.34. The van der Waals surface area contributed by atoms with Gasteiger partial charge in [-0.2, -0.15) is 4.98 Å². The fraction of sp³-hybridized carbons (Fsp3) is 0.857. The number of rotatable bonds is 4. The van der Waals surface area contributed by atoms with Crippen molar-refractivity contribution in [2.24, 2.45) is 11.8 Å². The van der Waals surface area contributed by atoms with Crippen molar-refractivity contribution in [2.45, 2.75) is 50.4 Å². The predicted molar refractivity (Wildman–Crippen MR) is 67.3 cm³/mol. The van der Waals surface area contributed by atoms with Gasteiger partial charge in [0, 0.05) is 11.8 Å². The van der Waals surface area contributed by atoms with E-state index in [1.54, 1.807) is 0 Å². The van der Waals surface area contributed by atoms with E-state index in [0.717, 1.165) is 49.5 Å². The number of aromatic nitrogens is 2. The Hall–Kier alpha value is -0.900. The van der Waals surface area contributed by atoms with Crippen LogP contribution in [0.3, 0.4) is 0 Å². The minimum absolute atomic E-state index is 0.492. The molecule has 98 valence electrons. The van der Waals surface area contributed by atoms with Gasteiger partial charge in [-0.3, -0.25) is 0 Å². The second-order valence-corrected chi connectivity index (χ2v) is 6.22. The van der Waals surface area contributed by atoms with Gasteiger partial charge < -0.3 is 9.84 Å². The van der Waals surface area contributed by atoms with E-state index >= 15 is 0 Å². The lowest BCUT2D eigenvalue weighted by atomic mass is 9.96. The zero-order chi connectivity index (χ0) is 11.9. The average molecular weight is 247 g/mol. The Bertz CT molecular complexity index is 404. The third-order valence-electron chi connectivity index (χ3n) is 4.70. The van der Waals surface area contributed by atoms with Gasteiger partial charge in [-0.15, -0.1) is 0 Å². The molecule has 0 amide bonds. The van der Waals surface area contributed by atoms with Crippen LogP contribution in [0, 0.1) is 11.8 Å². The molecule has 0 bridgehead atoms. The SMILES string of the molecule is C1CC(c2nc(C(C3CC3)C3CC3)no2)CCN1. The number of nitrogens with one attached hydrogen (secondary N) is 1. The molecule has 1 aliphatic heterocycles.